The molecule has 2 amide bonds. The molecular formula is C25H30N2O4. The summed E-state index contributed by atoms with van der Waals surface area (Å²) < 4.78 is 10.6. The smallest absolute Gasteiger partial charge is 0.258 e. The maximum atomic E-state index is 13.6. The Morgan fingerprint density at radius 1 is 1.06 bits per heavy atom. The van der Waals surface area contributed by atoms with Crippen molar-refractivity contribution in [3.05, 3.63) is 59.7 Å². The van der Waals surface area contributed by atoms with Gasteiger partial charge in [-0.05, 0) is 55.0 Å². The van der Waals surface area contributed by atoms with Crippen LogP contribution >= 0.6 is 0 Å². The molecule has 0 spiro atoms. The van der Waals surface area contributed by atoms with Crippen molar-refractivity contribution in [1.82, 2.24) is 4.90 Å². The van der Waals surface area contributed by atoms with E-state index < -0.39 is 6.04 Å². The fourth-order valence-electron chi connectivity index (χ4n) is 5.08. The number of amides is 2. The summed E-state index contributed by atoms with van der Waals surface area (Å²) in [6.45, 7) is 0.482. The predicted octanol–water partition coefficient (Wildman–Crippen LogP) is 4.25. The Morgan fingerprint density at radius 3 is 2.68 bits per heavy atom. The molecule has 164 valence electrons. The molecule has 3 unspecified atom stereocenters. The molecule has 31 heavy (non-hydrogen) atoms. The van der Waals surface area contributed by atoms with Crippen molar-refractivity contribution in [2.24, 2.45) is 5.92 Å². The molecule has 6 heteroatoms. The van der Waals surface area contributed by atoms with E-state index in [1.54, 1.807) is 26.4 Å². The second kappa shape index (κ2) is 9.52. The van der Waals surface area contributed by atoms with Gasteiger partial charge in [0.1, 0.15) is 11.8 Å². The highest BCUT2D eigenvalue weighted by Crippen LogP contribution is 2.41. The Morgan fingerprint density at radius 2 is 1.87 bits per heavy atom. The summed E-state index contributed by atoms with van der Waals surface area (Å²) in [7, 11) is 3.21. The zero-order valence-electron chi connectivity index (χ0n) is 18.2. The number of ether oxygens (including phenoxy) is 2. The molecule has 1 saturated heterocycles. The minimum Gasteiger partial charge on any atom is -0.496 e. The van der Waals surface area contributed by atoms with Gasteiger partial charge in [0.2, 0.25) is 5.91 Å². The Kier molecular flexibility index (Phi) is 6.56. The van der Waals surface area contributed by atoms with Gasteiger partial charge in [0, 0.05) is 18.8 Å². The molecule has 4 rings (SSSR count). The molecule has 2 aromatic carbocycles. The first-order valence-electron chi connectivity index (χ1n) is 11.0. The molecule has 0 bridgehead atoms. The second-order valence-electron chi connectivity index (χ2n) is 8.40. The lowest BCUT2D eigenvalue weighted by molar-refractivity contribution is -0.120. The molecule has 1 aliphatic carbocycles. The summed E-state index contributed by atoms with van der Waals surface area (Å²) in [6.07, 6.45) is 4.96. The Bertz CT molecular complexity index is 945. The summed E-state index contributed by atoms with van der Waals surface area (Å²) in [6, 6.07) is 14.5. The van der Waals surface area contributed by atoms with E-state index in [1.807, 2.05) is 41.3 Å². The van der Waals surface area contributed by atoms with Crippen molar-refractivity contribution >= 4 is 17.5 Å². The molecule has 0 aromatic heterocycles. The molecule has 1 heterocycles. The number of carbonyl (C=O) groups excluding carboxylic acids is 2. The maximum absolute atomic E-state index is 13.6. The van der Waals surface area contributed by atoms with Crippen LogP contribution in [0.1, 0.15) is 48.0 Å². The van der Waals surface area contributed by atoms with E-state index in [9.17, 15) is 9.59 Å². The van der Waals surface area contributed by atoms with Crippen LogP contribution in [0.5, 0.6) is 5.75 Å². The Balaban J connectivity index is 1.61. The van der Waals surface area contributed by atoms with Crippen LogP contribution in [0.2, 0.25) is 0 Å². The maximum Gasteiger partial charge on any atom is 0.258 e. The Labute approximate surface area is 183 Å². The number of para-hydroxylation sites is 1. The fraction of sp³-hybridized carbons (Fsp3) is 0.440. The van der Waals surface area contributed by atoms with Crippen LogP contribution in [-0.2, 0) is 16.1 Å². The van der Waals surface area contributed by atoms with Gasteiger partial charge >= 0.3 is 0 Å². The molecule has 2 aromatic rings. The van der Waals surface area contributed by atoms with Crippen molar-refractivity contribution in [2.75, 3.05) is 19.5 Å². The van der Waals surface area contributed by atoms with E-state index >= 15 is 0 Å². The van der Waals surface area contributed by atoms with Gasteiger partial charge in [-0.2, -0.15) is 0 Å². The first kappa shape index (κ1) is 21.4. The fourth-order valence-corrected chi connectivity index (χ4v) is 5.08. The Hall–Kier alpha value is -2.86. The quantitative estimate of drug-likeness (QED) is 0.756. The van der Waals surface area contributed by atoms with Crippen LogP contribution in [0, 0.1) is 5.92 Å². The first-order chi connectivity index (χ1) is 15.1. The number of nitrogens with one attached hydrogen (secondary N) is 1. The molecule has 1 N–H and O–H groups in total. The van der Waals surface area contributed by atoms with Crippen molar-refractivity contribution in [2.45, 2.75) is 50.8 Å². The van der Waals surface area contributed by atoms with Crippen molar-refractivity contribution in [1.29, 1.82) is 0 Å². The SMILES string of the molecule is COCc1cccc(NC(=O)C2CC3CCCCC3N2C(=O)c2ccccc2OC)c1. The minimum absolute atomic E-state index is 0.0988. The number of carbonyl (C=O) groups is 2. The van der Waals surface area contributed by atoms with Gasteiger partial charge in [0.25, 0.3) is 5.91 Å². The van der Waals surface area contributed by atoms with Crippen molar-refractivity contribution in [3.63, 3.8) is 0 Å². The number of likely N-dealkylation sites (tertiary alicyclic amines) is 1. The lowest BCUT2D eigenvalue weighted by atomic mass is 9.84. The van der Waals surface area contributed by atoms with Gasteiger partial charge in [-0.3, -0.25) is 9.59 Å². The predicted molar refractivity (Wildman–Crippen MR) is 119 cm³/mol. The van der Waals surface area contributed by atoms with Gasteiger partial charge in [-0.1, -0.05) is 37.1 Å². The summed E-state index contributed by atoms with van der Waals surface area (Å²) in [5.74, 6) is 0.647. The molecule has 0 radical (unpaired) electrons. The lowest BCUT2D eigenvalue weighted by Gasteiger charge is -2.34. The van der Waals surface area contributed by atoms with E-state index in [0.29, 0.717) is 30.3 Å². The standard InChI is InChI=1S/C25H30N2O4/c1-30-16-17-8-7-10-19(14-17)26-24(28)22-15-18-9-3-5-12-21(18)27(22)25(29)20-11-4-6-13-23(20)31-2/h4,6-8,10-11,13-14,18,21-22H,3,5,9,12,15-16H2,1-2H3,(H,26,28). The topological polar surface area (TPSA) is 67.9 Å². The molecule has 2 aliphatic rings. The molecule has 3 atom stereocenters. The molecular weight excluding hydrogens is 392 g/mol. The van der Waals surface area contributed by atoms with Gasteiger partial charge in [0.15, 0.2) is 0 Å². The third kappa shape index (κ3) is 4.44. The third-order valence-electron chi connectivity index (χ3n) is 6.47. The average molecular weight is 423 g/mol. The number of methoxy groups -OCH3 is 2. The van der Waals surface area contributed by atoms with Gasteiger partial charge in [-0.25, -0.2) is 0 Å². The van der Waals surface area contributed by atoms with Gasteiger partial charge < -0.3 is 19.7 Å². The van der Waals surface area contributed by atoms with Crippen LogP contribution in [0.15, 0.2) is 48.5 Å². The van der Waals surface area contributed by atoms with E-state index in [0.717, 1.165) is 36.9 Å². The zero-order chi connectivity index (χ0) is 21.8. The van der Waals surface area contributed by atoms with Crippen molar-refractivity contribution < 1.29 is 19.1 Å². The zero-order valence-corrected chi connectivity index (χ0v) is 18.2. The number of anilines is 1. The third-order valence-corrected chi connectivity index (χ3v) is 6.47. The molecule has 1 aliphatic heterocycles. The van der Waals surface area contributed by atoms with E-state index in [4.69, 9.17) is 9.47 Å². The first-order valence-corrected chi connectivity index (χ1v) is 11.0. The van der Waals surface area contributed by atoms with Crippen LogP contribution < -0.4 is 10.1 Å². The molecule has 6 nitrogen and oxygen atoms in total. The molecule has 2 fully saturated rings. The van der Waals surface area contributed by atoms with Gasteiger partial charge in [0.05, 0.1) is 19.3 Å². The van der Waals surface area contributed by atoms with Crippen LogP contribution in [-0.4, -0.2) is 43.0 Å². The highest BCUT2D eigenvalue weighted by atomic mass is 16.5. The normalized spacial score (nSPS) is 22.6. The monoisotopic (exact) mass is 422 g/mol. The average Bonchev–Trinajstić information content (AvgIpc) is 3.19. The number of hydrogen-bond donors (Lipinski definition) is 1. The summed E-state index contributed by atoms with van der Waals surface area (Å²) in [4.78, 5) is 28.8. The second-order valence-corrected chi connectivity index (χ2v) is 8.40. The largest absolute Gasteiger partial charge is 0.496 e. The van der Waals surface area contributed by atoms with Crippen LogP contribution in [0.4, 0.5) is 5.69 Å². The van der Waals surface area contributed by atoms with E-state index in [1.165, 1.54) is 0 Å². The van der Waals surface area contributed by atoms with Crippen molar-refractivity contribution in [3.8, 4) is 5.75 Å². The number of nitrogens with zero attached hydrogens (tertiary/aromatic N) is 1. The van der Waals surface area contributed by atoms with Crippen LogP contribution in [0.3, 0.4) is 0 Å². The summed E-state index contributed by atoms with van der Waals surface area (Å²) >= 11 is 0. The summed E-state index contributed by atoms with van der Waals surface area (Å²) in [5, 5.41) is 3.04. The summed E-state index contributed by atoms with van der Waals surface area (Å²) in [5.41, 5.74) is 2.22. The number of hydrogen-bond acceptors (Lipinski definition) is 4. The lowest BCUT2D eigenvalue weighted by Crippen LogP contribution is -2.48. The highest BCUT2D eigenvalue weighted by molar-refractivity contribution is 6.03. The van der Waals surface area contributed by atoms with Crippen LogP contribution in [0.25, 0.3) is 0 Å². The number of fused-ring (bicyclic) bond motifs is 1. The van der Waals surface area contributed by atoms with E-state index in [2.05, 4.69) is 5.32 Å². The van der Waals surface area contributed by atoms with Gasteiger partial charge in [-0.15, -0.1) is 0 Å². The van der Waals surface area contributed by atoms with E-state index in [-0.39, 0.29) is 17.9 Å². The number of benzene rings is 2. The molecule has 1 saturated carbocycles. The minimum atomic E-state index is -0.489. The number of rotatable bonds is 6. The highest BCUT2D eigenvalue weighted by Gasteiger charge is 2.47.